The zero-order valence-electron chi connectivity index (χ0n) is 9.58. The van der Waals surface area contributed by atoms with E-state index in [2.05, 4.69) is 0 Å². The van der Waals surface area contributed by atoms with Gasteiger partial charge in [-0.15, -0.1) is 11.6 Å². The van der Waals surface area contributed by atoms with E-state index in [-0.39, 0.29) is 16.5 Å². The minimum absolute atomic E-state index is 0.0943. The molecular formula is C13H5Cl2F5. The molecule has 0 N–H and O–H groups in total. The van der Waals surface area contributed by atoms with E-state index in [0.29, 0.717) is 5.56 Å². The van der Waals surface area contributed by atoms with E-state index in [9.17, 15) is 22.0 Å². The first-order valence-corrected chi connectivity index (χ1v) is 6.16. The van der Waals surface area contributed by atoms with Gasteiger partial charge in [0, 0.05) is 16.5 Å². The summed E-state index contributed by atoms with van der Waals surface area (Å²) in [5.41, 5.74) is -0.815. The molecule has 0 aliphatic rings. The van der Waals surface area contributed by atoms with Crippen molar-refractivity contribution in [3.05, 3.63) is 57.9 Å². The second kappa shape index (κ2) is 5.58. The van der Waals surface area contributed by atoms with E-state index in [1.54, 1.807) is 0 Å². The van der Waals surface area contributed by atoms with Crippen LogP contribution in [-0.4, -0.2) is 0 Å². The predicted molar refractivity (Wildman–Crippen MR) is 66.2 cm³/mol. The minimum atomic E-state index is -2.21. The van der Waals surface area contributed by atoms with Crippen molar-refractivity contribution in [2.24, 2.45) is 0 Å². The number of hydrogen-bond acceptors (Lipinski definition) is 0. The lowest BCUT2D eigenvalue weighted by Crippen LogP contribution is -2.04. The van der Waals surface area contributed by atoms with E-state index in [4.69, 9.17) is 23.2 Å². The van der Waals surface area contributed by atoms with Gasteiger partial charge >= 0.3 is 0 Å². The van der Waals surface area contributed by atoms with Crippen LogP contribution in [0.4, 0.5) is 22.0 Å². The van der Waals surface area contributed by atoms with Crippen LogP contribution in [0.5, 0.6) is 0 Å². The van der Waals surface area contributed by atoms with Gasteiger partial charge in [0.2, 0.25) is 5.82 Å². The average molecular weight is 327 g/mol. The molecule has 0 aromatic heterocycles. The highest BCUT2D eigenvalue weighted by Crippen LogP contribution is 2.36. The van der Waals surface area contributed by atoms with Crippen molar-refractivity contribution < 1.29 is 22.0 Å². The standard InChI is InChI=1S/C13H5Cl2F5/c14-4-5-1-2-6(7(15)3-5)8-9(16)11(18)13(20)12(19)10(8)17/h1-3H,4H2. The molecule has 0 radical (unpaired) electrons. The molecule has 106 valence electrons. The van der Waals surface area contributed by atoms with E-state index < -0.39 is 34.6 Å². The molecule has 0 atom stereocenters. The summed E-state index contributed by atoms with van der Waals surface area (Å²) in [5.74, 6) is -10.0. The zero-order chi connectivity index (χ0) is 15.0. The highest BCUT2D eigenvalue weighted by atomic mass is 35.5. The molecule has 0 nitrogen and oxygen atoms in total. The molecule has 0 aliphatic heterocycles. The molecule has 2 aromatic carbocycles. The number of alkyl halides is 1. The molecule has 20 heavy (non-hydrogen) atoms. The normalized spacial score (nSPS) is 10.9. The summed E-state index contributed by atoms with van der Waals surface area (Å²) >= 11 is 11.4. The summed E-state index contributed by atoms with van der Waals surface area (Å²) in [6.07, 6.45) is 0. The maximum absolute atomic E-state index is 13.6. The van der Waals surface area contributed by atoms with Crippen LogP contribution in [0.25, 0.3) is 11.1 Å². The van der Waals surface area contributed by atoms with Crippen LogP contribution in [0.3, 0.4) is 0 Å². The lowest BCUT2D eigenvalue weighted by atomic mass is 10.0. The van der Waals surface area contributed by atoms with Crippen molar-refractivity contribution in [1.29, 1.82) is 0 Å². The highest BCUT2D eigenvalue weighted by Gasteiger charge is 2.27. The van der Waals surface area contributed by atoms with E-state index in [1.165, 1.54) is 12.1 Å². The van der Waals surface area contributed by atoms with Gasteiger partial charge in [-0.1, -0.05) is 23.7 Å². The molecule has 0 fully saturated rings. The SMILES string of the molecule is Fc1c(F)c(F)c(-c2ccc(CCl)cc2Cl)c(F)c1F. The maximum atomic E-state index is 13.6. The Balaban J connectivity index is 2.76. The molecular weight excluding hydrogens is 322 g/mol. The van der Waals surface area contributed by atoms with Gasteiger partial charge in [-0.05, 0) is 11.6 Å². The summed E-state index contributed by atoms with van der Waals surface area (Å²) in [6, 6.07) is 3.83. The van der Waals surface area contributed by atoms with E-state index in [1.807, 2.05) is 0 Å². The molecule has 0 bridgehead atoms. The summed E-state index contributed by atoms with van der Waals surface area (Å²) in [5, 5.41) is -0.161. The van der Waals surface area contributed by atoms with Crippen LogP contribution >= 0.6 is 23.2 Å². The van der Waals surface area contributed by atoms with Crippen molar-refractivity contribution in [1.82, 2.24) is 0 Å². The third-order valence-corrected chi connectivity index (χ3v) is 3.29. The smallest absolute Gasteiger partial charge is 0.200 e. The quantitative estimate of drug-likeness (QED) is 0.298. The van der Waals surface area contributed by atoms with Gasteiger partial charge in [0.1, 0.15) is 0 Å². The van der Waals surface area contributed by atoms with E-state index in [0.717, 1.165) is 6.07 Å². The Bertz CT molecular complexity index is 656. The Morgan fingerprint density at radius 1 is 0.800 bits per heavy atom. The number of halogens is 7. The third-order valence-electron chi connectivity index (χ3n) is 2.67. The average Bonchev–Trinajstić information content (AvgIpc) is 2.44. The minimum Gasteiger partial charge on any atom is -0.203 e. The molecule has 0 spiro atoms. The number of hydrogen-bond donors (Lipinski definition) is 0. The maximum Gasteiger partial charge on any atom is 0.200 e. The summed E-state index contributed by atoms with van der Waals surface area (Å²) in [6.45, 7) is 0. The number of benzene rings is 2. The van der Waals surface area contributed by atoms with Crippen LogP contribution in [0.1, 0.15) is 5.56 Å². The molecule has 0 unspecified atom stereocenters. The fourth-order valence-electron chi connectivity index (χ4n) is 1.69. The first-order valence-electron chi connectivity index (χ1n) is 5.24. The highest BCUT2D eigenvalue weighted by molar-refractivity contribution is 6.33. The van der Waals surface area contributed by atoms with Crippen molar-refractivity contribution in [2.75, 3.05) is 0 Å². The second-order valence-corrected chi connectivity index (χ2v) is 4.57. The van der Waals surface area contributed by atoms with Crippen molar-refractivity contribution in [2.45, 2.75) is 5.88 Å². The lowest BCUT2D eigenvalue weighted by molar-refractivity contribution is 0.381. The molecule has 2 rings (SSSR count). The summed E-state index contributed by atoms with van der Waals surface area (Å²) in [4.78, 5) is 0. The molecule has 0 heterocycles. The zero-order valence-corrected chi connectivity index (χ0v) is 11.1. The largest absolute Gasteiger partial charge is 0.203 e. The first-order chi connectivity index (χ1) is 9.38. The van der Waals surface area contributed by atoms with Crippen LogP contribution in [-0.2, 0) is 5.88 Å². The van der Waals surface area contributed by atoms with Crippen LogP contribution in [0.2, 0.25) is 5.02 Å². The monoisotopic (exact) mass is 326 g/mol. The van der Waals surface area contributed by atoms with Crippen LogP contribution in [0.15, 0.2) is 18.2 Å². The Labute approximate surface area is 120 Å². The first kappa shape index (κ1) is 15.1. The van der Waals surface area contributed by atoms with Crippen molar-refractivity contribution >= 4 is 23.2 Å². The van der Waals surface area contributed by atoms with E-state index >= 15 is 0 Å². The second-order valence-electron chi connectivity index (χ2n) is 3.89. The molecule has 2 aromatic rings. The molecule has 0 saturated carbocycles. The van der Waals surface area contributed by atoms with Gasteiger partial charge in [0.15, 0.2) is 23.3 Å². The van der Waals surface area contributed by atoms with Gasteiger partial charge in [0.05, 0.1) is 5.56 Å². The molecule has 7 heteroatoms. The van der Waals surface area contributed by atoms with Gasteiger partial charge in [-0.2, -0.15) is 0 Å². The van der Waals surface area contributed by atoms with Gasteiger partial charge in [-0.25, -0.2) is 22.0 Å². The summed E-state index contributed by atoms with van der Waals surface area (Å²) < 4.78 is 66.5. The predicted octanol–water partition coefficient (Wildman–Crippen LogP) is 5.44. The van der Waals surface area contributed by atoms with Gasteiger partial charge in [-0.3, -0.25) is 0 Å². The number of rotatable bonds is 2. The molecule has 0 aliphatic carbocycles. The Morgan fingerprint density at radius 2 is 1.30 bits per heavy atom. The van der Waals surface area contributed by atoms with Gasteiger partial charge in [0.25, 0.3) is 0 Å². The van der Waals surface area contributed by atoms with Crippen LogP contribution in [0, 0.1) is 29.1 Å². The Hall–Kier alpha value is -1.33. The fraction of sp³-hybridized carbons (Fsp3) is 0.0769. The van der Waals surface area contributed by atoms with Crippen molar-refractivity contribution in [3.63, 3.8) is 0 Å². The summed E-state index contributed by atoms with van der Waals surface area (Å²) in [7, 11) is 0. The third kappa shape index (κ3) is 2.36. The Kier molecular flexibility index (Phi) is 4.20. The molecule has 0 saturated heterocycles. The van der Waals surface area contributed by atoms with Crippen LogP contribution < -0.4 is 0 Å². The molecule has 0 amide bonds. The Morgan fingerprint density at radius 3 is 1.75 bits per heavy atom. The van der Waals surface area contributed by atoms with Crippen molar-refractivity contribution in [3.8, 4) is 11.1 Å². The fourth-order valence-corrected chi connectivity index (χ4v) is 2.15. The van der Waals surface area contributed by atoms with Gasteiger partial charge < -0.3 is 0 Å². The lowest BCUT2D eigenvalue weighted by Gasteiger charge is -2.10. The topological polar surface area (TPSA) is 0 Å².